The Kier molecular flexibility index (Phi) is 3.17. The van der Waals surface area contributed by atoms with Gasteiger partial charge < -0.3 is 4.84 Å². The van der Waals surface area contributed by atoms with Gasteiger partial charge in [-0.25, -0.2) is 0 Å². The molecule has 0 radical (unpaired) electrons. The maximum atomic E-state index is 5.76. The summed E-state index contributed by atoms with van der Waals surface area (Å²) in [4.78, 5) is 5.56. The van der Waals surface area contributed by atoms with Gasteiger partial charge >= 0.3 is 0 Å². The second-order valence-electron chi connectivity index (χ2n) is 1.72. The number of hydrogen-bond donors (Lipinski definition) is 0. The molecule has 0 atom stereocenters. The minimum atomic E-state index is 0.333. The van der Waals surface area contributed by atoms with Gasteiger partial charge in [0.2, 0.25) is 0 Å². The lowest BCUT2D eigenvalue weighted by atomic mass is 10.5. The normalized spacial score (nSPS) is 9.64. The van der Waals surface area contributed by atoms with Crippen LogP contribution in [0.15, 0.2) is 11.2 Å². The van der Waals surface area contributed by atoms with Crippen molar-refractivity contribution in [2.75, 3.05) is 0 Å². The Morgan fingerprint density at radius 1 is 1.64 bits per heavy atom. The van der Waals surface area contributed by atoms with E-state index < -0.39 is 0 Å². The predicted molar refractivity (Wildman–Crippen MR) is 48.7 cm³/mol. The molecule has 0 bridgehead atoms. The Labute approximate surface area is 78.4 Å². The van der Waals surface area contributed by atoms with Crippen molar-refractivity contribution in [3.63, 3.8) is 0 Å². The van der Waals surface area contributed by atoms with E-state index in [4.69, 9.17) is 28.0 Å². The van der Waals surface area contributed by atoms with Crippen molar-refractivity contribution in [1.82, 2.24) is 0 Å². The third-order valence-corrected chi connectivity index (χ3v) is 2.70. The Balaban J connectivity index is 2.69. The zero-order chi connectivity index (χ0) is 8.27. The van der Waals surface area contributed by atoms with Gasteiger partial charge in [-0.2, -0.15) is 0 Å². The number of rotatable bonds is 3. The second-order valence-corrected chi connectivity index (χ2v) is 3.90. The van der Waals surface area contributed by atoms with E-state index in [1.807, 2.05) is 0 Å². The third-order valence-electron chi connectivity index (χ3n) is 1.01. The van der Waals surface area contributed by atoms with Crippen LogP contribution in [0.4, 0.5) is 0 Å². The molecule has 1 aromatic rings. The first-order valence-corrected chi connectivity index (χ1v) is 4.33. The molecule has 0 unspecified atom stereocenters. The van der Waals surface area contributed by atoms with Crippen LogP contribution in [0.2, 0.25) is 9.36 Å². The highest BCUT2D eigenvalue weighted by Gasteiger charge is 2.05. The number of halogens is 2. The molecule has 0 fully saturated rings. The van der Waals surface area contributed by atoms with Gasteiger partial charge in [0.05, 0.1) is 14.2 Å². The summed E-state index contributed by atoms with van der Waals surface area (Å²) in [5.74, 6) is 0. The van der Waals surface area contributed by atoms with Gasteiger partial charge in [-0.1, -0.05) is 23.2 Å². The van der Waals surface area contributed by atoms with Crippen LogP contribution in [0, 0.1) is 0 Å². The molecule has 0 saturated heterocycles. The van der Waals surface area contributed by atoms with Gasteiger partial charge in [-0.3, -0.25) is 0 Å². The second kappa shape index (κ2) is 3.95. The minimum Gasteiger partial charge on any atom is -0.391 e. The smallest absolute Gasteiger partial charge is 0.152 e. The predicted octanol–water partition coefficient (Wildman–Crippen LogP) is 3.19. The summed E-state index contributed by atoms with van der Waals surface area (Å²) in [6.45, 7) is 3.50. The van der Waals surface area contributed by atoms with Gasteiger partial charge in [0.15, 0.2) is 6.61 Å². The van der Waals surface area contributed by atoms with Crippen LogP contribution < -0.4 is 0 Å². The molecule has 1 heterocycles. The molecule has 60 valence electrons. The Bertz CT molecular complexity index is 261. The highest BCUT2D eigenvalue weighted by atomic mass is 35.5. The van der Waals surface area contributed by atoms with Crippen molar-refractivity contribution in [3.8, 4) is 0 Å². The molecular weight excluding hydrogens is 205 g/mol. The highest BCUT2D eigenvalue weighted by Crippen LogP contribution is 2.30. The van der Waals surface area contributed by atoms with Crippen LogP contribution in [0.3, 0.4) is 0 Å². The number of nitrogens with zero attached hydrogens (tertiary/aromatic N) is 1. The maximum Gasteiger partial charge on any atom is 0.152 e. The summed E-state index contributed by atoms with van der Waals surface area (Å²) in [7, 11) is 0. The average molecular weight is 210 g/mol. The summed E-state index contributed by atoms with van der Waals surface area (Å²) >= 11 is 12.8. The van der Waals surface area contributed by atoms with E-state index in [0.29, 0.717) is 16.0 Å². The van der Waals surface area contributed by atoms with Crippen LogP contribution in [-0.2, 0) is 11.4 Å². The summed E-state index contributed by atoms with van der Waals surface area (Å²) in [5, 5.41) is 3.85. The van der Waals surface area contributed by atoms with Crippen LogP contribution in [-0.4, -0.2) is 6.72 Å². The molecule has 0 amide bonds. The zero-order valence-corrected chi connectivity index (χ0v) is 7.84. The lowest BCUT2D eigenvalue weighted by Gasteiger charge is -1.93. The van der Waals surface area contributed by atoms with Crippen molar-refractivity contribution in [2.45, 2.75) is 6.61 Å². The van der Waals surface area contributed by atoms with Gasteiger partial charge in [0.1, 0.15) is 0 Å². The van der Waals surface area contributed by atoms with Crippen molar-refractivity contribution >= 4 is 41.3 Å². The Hall–Kier alpha value is -0.250. The van der Waals surface area contributed by atoms with Crippen molar-refractivity contribution in [1.29, 1.82) is 0 Å². The fraction of sp³-hybridized carbons (Fsp3) is 0.167. The molecule has 0 saturated carbocycles. The average Bonchev–Trinajstić information content (AvgIpc) is 2.26. The largest absolute Gasteiger partial charge is 0.391 e. The fourth-order valence-electron chi connectivity index (χ4n) is 0.579. The van der Waals surface area contributed by atoms with Gasteiger partial charge in [0, 0.05) is 6.72 Å². The van der Waals surface area contributed by atoms with E-state index in [2.05, 4.69) is 11.9 Å². The Morgan fingerprint density at radius 2 is 2.36 bits per heavy atom. The summed E-state index contributed by atoms with van der Waals surface area (Å²) in [5.41, 5.74) is 0. The molecular formula is C6H5Cl2NOS. The number of hydrogen-bond acceptors (Lipinski definition) is 3. The molecule has 0 aliphatic heterocycles. The van der Waals surface area contributed by atoms with Crippen LogP contribution >= 0.6 is 34.5 Å². The first-order chi connectivity index (χ1) is 5.24. The maximum absolute atomic E-state index is 5.76. The third kappa shape index (κ3) is 2.36. The SMILES string of the molecule is C=NOCc1sc(Cl)cc1Cl. The quantitative estimate of drug-likeness (QED) is 0.554. The van der Waals surface area contributed by atoms with Gasteiger partial charge in [-0.15, -0.1) is 16.5 Å². The van der Waals surface area contributed by atoms with E-state index in [1.165, 1.54) is 11.3 Å². The molecule has 2 nitrogen and oxygen atoms in total. The molecule has 0 spiro atoms. The van der Waals surface area contributed by atoms with Crippen molar-refractivity contribution in [3.05, 3.63) is 20.3 Å². The molecule has 0 aromatic carbocycles. The first kappa shape index (κ1) is 8.84. The van der Waals surface area contributed by atoms with E-state index in [1.54, 1.807) is 6.07 Å². The minimum absolute atomic E-state index is 0.333. The molecule has 11 heavy (non-hydrogen) atoms. The Morgan fingerprint density at radius 3 is 2.82 bits per heavy atom. The van der Waals surface area contributed by atoms with Crippen LogP contribution in [0.25, 0.3) is 0 Å². The lowest BCUT2D eigenvalue weighted by molar-refractivity contribution is 0.135. The van der Waals surface area contributed by atoms with Gasteiger partial charge in [-0.05, 0) is 6.07 Å². The van der Waals surface area contributed by atoms with E-state index in [-0.39, 0.29) is 0 Å². The molecule has 0 aliphatic rings. The zero-order valence-electron chi connectivity index (χ0n) is 5.51. The van der Waals surface area contributed by atoms with E-state index in [9.17, 15) is 0 Å². The first-order valence-electron chi connectivity index (χ1n) is 2.75. The molecule has 0 aliphatic carbocycles. The summed E-state index contributed by atoms with van der Waals surface area (Å²) in [6.07, 6.45) is 0. The molecule has 5 heteroatoms. The highest BCUT2D eigenvalue weighted by molar-refractivity contribution is 7.16. The van der Waals surface area contributed by atoms with Crippen LogP contribution in [0.1, 0.15) is 4.88 Å². The monoisotopic (exact) mass is 209 g/mol. The number of thiophene rings is 1. The van der Waals surface area contributed by atoms with E-state index >= 15 is 0 Å². The molecule has 1 rings (SSSR count). The number of oxime groups is 1. The lowest BCUT2D eigenvalue weighted by Crippen LogP contribution is -1.80. The fourth-order valence-corrected chi connectivity index (χ4v) is 2.05. The molecule has 0 N–H and O–H groups in total. The summed E-state index contributed by atoms with van der Waals surface area (Å²) < 4.78 is 0.651. The van der Waals surface area contributed by atoms with E-state index in [0.717, 1.165) is 4.88 Å². The standard InChI is InChI=1S/C6H5Cl2NOS/c1-9-10-3-5-4(7)2-6(8)11-5/h2H,1,3H2. The van der Waals surface area contributed by atoms with Crippen molar-refractivity contribution in [2.24, 2.45) is 5.16 Å². The van der Waals surface area contributed by atoms with Gasteiger partial charge in [0.25, 0.3) is 0 Å². The van der Waals surface area contributed by atoms with Crippen LogP contribution in [0.5, 0.6) is 0 Å². The van der Waals surface area contributed by atoms with Crippen molar-refractivity contribution < 1.29 is 4.84 Å². The molecule has 1 aromatic heterocycles. The topological polar surface area (TPSA) is 21.6 Å². The summed E-state index contributed by atoms with van der Waals surface area (Å²) in [6, 6.07) is 1.68.